The van der Waals surface area contributed by atoms with E-state index in [0.717, 1.165) is 22.4 Å². The van der Waals surface area contributed by atoms with Crippen LogP contribution in [-0.2, 0) is 6.61 Å². The van der Waals surface area contributed by atoms with Gasteiger partial charge in [0.2, 0.25) is 0 Å². The molecule has 0 atom stereocenters. The van der Waals surface area contributed by atoms with Gasteiger partial charge in [0.05, 0.1) is 17.8 Å². The van der Waals surface area contributed by atoms with Gasteiger partial charge in [0, 0.05) is 21.8 Å². The molecule has 3 nitrogen and oxygen atoms in total. The van der Waals surface area contributed by atoms with Gasteiger partial charge in [-0.3, -0.25) is 4.99 Å². The lowest BCUT2D eigenvalue weighted by Gasteiger charge is -2.14. The molecule has 0 aliphatic heterocycles. The maximum atomic E-state index is 6.46. The Hall–Kier alpha value is -2.20. The first kappa shape index (κ1) is 21.5. The Morgan fingerprint density at radius 3 is 2.41 bits per heavy atom. The molecule has 150 valence electrons. The van der Waals surface area contributed by atoms with Crippen LogP contribution in [0.3, 0.4) is 0 Å². The first-order valence-electron chi connectivity index (χ1n) is 8.93. The van der Waals surface area contributed by atoms with Crippen LogP contribution >= 0.6 is 34.8 Å². The number of hydrogen-bond acceptors (Lipinski definition) is 3. The van der Waals surface area contributed by atoms with Crippen LogP contribution in [0.5, 0.6) is 11.5 Å². The summed E-state index contributed by atoms with van der Waals surface area (Å²) in [6.45, 7) is 4.33. The zero-order valence-electron chi connectivity index (χ0n) is 16.3. The minimum Gasteiger partial charge on any atom is -0.493 e. The third-order valence-corrected chi connectivity index (χ3v) is 5.21. The fourth-order valence-corrected chi connectivity index (χ4v) is 3.57. The minimum atomic E-state index is 0.238. The summed E-state index contributed by atoms with van der Waals surface area (Å²) in [6.07, 6.45) is 1.76. The van der Waals surface area contributed by atoms with Crippen molar-refractivity contribution in [3.05, 3.63) is 85.9 Å². The van der Waals surface area contributed by atoms with Gasteiger partial charge in [0.15, 0.2) is 11.5 Å². The summed E-state index contributed by atoms with van der Waals surface area (Å²) in [6, 6.07) is 15.0. The van der Waals surface area contributed by atoms with Crippen molar-refractivity contribution in [3.8, 4) is 11.5 Å². The monoisotopic (exact) mass is 447 g/mol. The van der Waals surface area contributed by atoms with E-state index in [-0.39, 0.29) is 6.61 Å². The third-order valence-electron chi connectivity index (χ3n) is 4.34. The molecular formula is C23H20Cl3NO2. The Morgan fingerprint density at radius 1 is 0.931 bits per heavy atom. The van der Waals surface area contributed by atoms with Crippen molar-refractivity contribution in [1.82, 2.24) is 0 Å². The molecule has 0 spiro atoms. The van der Waals surface area contributed by atoms with Crippen molar-refractivity contribution in [2.45, 2.75) is 20.5 Å². The number of hydrogen-bond donors (Lipinski definition) is 0. The largest absolute Gasteiger partial charge is 0.493 e. The summed E-state index contributed by atoms with van der Waals surface area (Å²) >= 11 is 18.6. The molecule has 0 bridgehead atoms. The van der Waals surface area contributed by atoms with E-state index in [1.54, 1.807) is 31.5 Å². The predicted octanol–water partition coefficient (Wildman–Crippen LogP) is 7.60. The van der Waals surface area contributed by atoms with Crippen molar-refractivity contribution >= 4 is 46.7 Å². The van der Waals surface area contributed by atoms with E-state index in [0.29, 0.717) is 26.6 Å². The molecule has 0 amide bonds. The summed E-state index contributed by atoms with van der Waals surface area (Å²) in [4.78, 5) is 4.57. The molecule has 3 aromatic carbocycles. The molecule has 0 aliphatic rings. The van der Waals surface area contributed by atoms with E-state index in [9.17, 15) is 0 Å². The average Bonchev–Trinajstić information content (AvgIpc) is 2.67. The van der Waals surface area contributed by atoms with Crippen LogP contribution in [-0.4, -0.2) is 13.3 Å². The summed E-state index contributed by atoms with van der Waals surface area (Å²) in [5.41, 5.74) is 4.83. The number of aliphatic imine (C=N–C) groups is 1. The lowest BCUT2D eigenvalue weighted by Crippen LogP contribution is -2.00. The molecule has 0 aliphatic carbocycles. The maximum absolute atomic E-state index is 6.46. The molecule has 0 fully saturated rings. The van der Waals surface area contributed by atoms with Crippen LogP contribution in [0.4, 0.5) is 5.69 Å². The van der Waals surface area contributed by atoms with Crippen molar-refractivity contribution in [2.75, 3.05) is 7.11 Å². The van der Waals surface area contributed by atoms with Crippen molar-refractivity contribution in [2.24, 2.45) is 4.99 Å². The number of halogens is 3. The van der Waals surface area contributed by atoms with Gasteiger partial charge in [-0.2, -0.15) is 0 Å². The highest BCUT2D eigenvalue weighted by Crippen LogP contribution is 2.37. The van der Waals surface area contributed by atoms with Gasteiger partial charge >= 0.3 is 0 Å². The van der Waals surface area contributed by atoms with Gasteiger partial charge in [-0.25, -0.2) is 0 Å². The second-order valence-electron chi connectivity index (χ2n) is 6.61. The number of methoxy groups -OCH3 is 1. The van der Waals surface area contributed by atoms with Gasteiger partial charge in [-0.1, -0.05) is 58.6 Å². The van der Waals surface area contributed by atoms with Gasteiger partial charge in [0.1, 0.15) is 6.61 Å². The minimum absolute atomic E-state index is 0.238. The number of nitrogens with zero attached hydrogens (tertiary/aromatic N) is 1. The first-order chi connectivity index (χ1) is 13.9. The smallest absolute Gasteiger partial charge is 0.180 e. The second kappa shape index (κ2) is 9.53. The van der Waals surface area contributed by atoms with Crippen LogP contribution in [0, 0.1) is 13.8 Å². The lowest BCUT2D eigenvalue weighted by atomic mass is 10.1. The van der Waals surface area contributed by atoms with Gasteiger partial charge in [0.25, 0.3) is 0 Å². The van der Waals surface area contributed by atoms with Crippen molar-refractivity contribution in [3.63, 3.8) is 0 Å². The number of ether oxygens (including phenoxy) is 2. The summed E-state index contributed by atoms with van der Waals surface area (Å²) < 4.78 is 11.4. The highest BCUT2D eigenvalue weighted by molar-refractivity contribution is 6.35. The molecule has 3 rings (SSSR count). The molecule has 3 aromatic rings. The summed E-state index contributed by atoms with van der Waals surface area (Å²) in [5, 5.41) is 1.53. The molecule has 0 N–H and O–H groups in total. The van der Waals surface area contributed by atoms with E-state index in [2.05, 4.69) is 18.0 Å². The van der Waals surface area contributed by atoms with Crippen LogP contribution in [0.25, 0.3) is 0 Å². The topological polar surface area (TPSA) is 30.8 Å². The number of aryl methyl sites for hydroxylation is 2. The standard InChI is InChI=1S/C23H20Cl3NO2/c1-14-4-7-21(15(2)8-14)27-12-16-9-20(26)23(22(10-16)28-3)29-13-17-5-6-18(24)11-19(17)25/h4-12H,13H2,1-3H3. The molecule has 0 saturated heterocycles. The van der Waals surface area contributed by atoms with E-state index in [1.807, 2.05) is 31.2 Å². The summed E-state index contributed by atoms with van der Waals surface area (Å²) in [7, 11) is 1.57. The van der Waals surface area contributed by atoms with Gasteiger partial charge in [-0.05, 0) is 55.3 Å². The van der Waals surface area contributed by atoms with E-state index in [1.165, 1.54) is 5.56 Å². The van der Waals surface area contributed by atoms with E-state index < -0.39 is 0 Å². The average molecular weight is 449 g/mol. The zero-order valence-corrected chi connectivity index (χ0v) is 18.6. The number of benzene rings is 3. The SMILES string of the molecule is COc1cc(C=Nc2ccc(C)cc2C)cc(Cl)c1OCc1ccc(Cl)cc1Cl. The first-order valence-corrected chi connectivity index (χ1v) is 10.1. The Balaban J connectivity index is 1.82. The molecule has 0 unspecified atom stereocenters. The Bertz CT molecular complexity index is 1060. The molecule has 0 saturated carbocycles. The van der Waals surface area contributed by atoms with Crippen LogP contribution in [0.1, 0.15) is 22.3 Å². The molecule has 0 heterocycles. The Labute approximate surface area is 185 Å². The van der Waals surface area contributed by atoms with E-state index >= 15 is 0 Å². The number of rotatable bonds is 6. The van der Waals surface area contributed by atoms with E-state index in [4.69, 9.17) is 44.3 Å². The van der Waals surface area contributed by atoms with Gasteiger partial charge in [-0.15, -0.1) is 0 Å². The molecule has 6 heteroatoms. The highest BCUT2D eigenvalue weighted by Gasteiger charge is 2.13. The maximum Gasteiger partial charge on any atom is 0.180 e. The fourth-order valence-electron chi connectivity index (χ4n) is 2.84. The molecular weight excluding hydrogens is 429 g/mol. The molecule has 0 aromatic heterocycles. The summed E-state index contributed by atoms with van der Waals surface area (Å²) in [5.74, 6) is 0.966. The van der Waals surface area contributed by atoms with Crippen molar-refractivity contribution < 1.29 is 9.47 Å². The predicted molar refractivity (Wildman–Crippen MR) is 122 cm³/mol. The van der Waals surface area contributed by atoms with Crippen LogP contribution < -0.4 is 9.47 Å². The van der Waals surface area contributed by atoms with Crippen molar-refractivity contribution in [1.29, 1.82) is 0 Å². The normalized spacial score (nSPS) is 11.1. The van der Waals surface area contributed by atoms with Crippen LogP contribution in [0.15, 0.2) is 53.5 Å². The Kier molecular flexibility index (Phi) is 7.07. The highest BCUT2D eigenvalue weighted by atomic mass is 35.5. The zero-order chi connectivity index (χ0) is 21.0. The second-order valence-corrected chi connectivity index (χ2v) is 7.86. The molecule has 29 heavy (non-hydrogen) atoms. The van der Waals surface area contributed by atoms with Gasteiger partial charge < -0.3 is 9.47 Å². The van der Waals surface area contributed by atoms with Crippen LogP contribution in [0.2, 0.25) is 15.1 Å². The third kappa shape index (κ3) is 5.45. The fraction of sp³-hybridized carbons (Fsp3) is 0.174. The lowest BCUT2D eigenvalue weighted by molar-refractivity contribution is 0.285. The quantitative estimate of drug-likeness (QED) is 0.363. The Morgan fingerprint density at radius 2 is 1.72 bits per heavy atom. The molecule has 0 radical (unpaired) electrons.